The highest BCUT2D eigenvalue weighted by atomic mass is 79.9. The van der Waals surface area contributed by atoms with Crippen LogP contribution in [0.3, 0.4) is 0 Å². The topological polar surface area (TPSA) is 55.9 Å². The number of aryl methyl sites for hydroxylation is 3. The first kappa shape index (κ1) is 14.3. The van der Waals surface area contributed by atoms with E-state index in [4.69, 9.17) is 0 Å². The Kier molecular flexibility index (Phi) is 4.42. The fraction of sp³-hybridized carbons (Fsp3) is 0.538. The fourth-order valence-electron chi connectivity index (χ4n) is 2.09. The lowest BCUT2D eigenvalue weighted by atomic mass is 10.1. The van der Waals surface area contributed by atoms with Crippen LogP contribution in [0.1, 0.15) is 36.9 Å². The molecule has 1 N–H and O–H groups in total. The molecule has 0 fully saturated rings. The van der Waals surface area contributed by atoms with Gasteiger partial charge in [-0.1, -0.05) is 0 Å². The van der Waals surface area contributed by atoms with Gasteiger partial charge in [0.2, 0.25) is 0 Å². The summed E-state index contributed by atoms with van der Waals surface area (Å²) in [5.41, 5.74) is 2.82. The molecule has 0 bridgehead atoms. The van der Waals surface area contributed by atoms with Crippen LogP contribution in [0.5, 0.6) is 0 Å². The standard InChI is InChI=1S/C13H19BrN4O/c1-4-17-8-10(7-15-17)12(19)6-11-13(14)9(3)16-18(11)5-2/h7-8,12,19H,4-6H2,1-3H3. The molecule has 2 aromatic heterocycles. The molecule has 104 valence electrons. The lowest BCUT2D eigenvalue weighted by Crippen LogP contribution is -2.08. The zero-order valence-corrected chi connectivity index (χ0v) is 13.1. The Morgan fingerprint density at radius 2 is 2.11 bits per heavy atom. The second-order valence-corrected chi connectivity index (χ2v) is 5.30. The van der Waals surface area contributed by atoms with Gasteiger partial charge < -0.3 is 5.11 Å². The second kappa shape index (κ2) is 5.88. The van der Waals surface area contributed by atoms with Crippen molar-refractivity contribution < 1.29 is 5.11 Å². The van der Waals surface area contributed by atoms with Crippen LogP contribution in [0.15, 0.2) is 16.9 Å². The van der Waals surface area contributed by atoms with Gasteiger partial charge in [0.1, 0.15) is 0 Å². The van der Waals surface area contributed by atoms with Crippen LogP contribution < -0.4 is 0 Å². The van der Waals surface area contributed by atoms with Crippen molar-refractivity contribution in [3.8, 4) is 0 Å². The van der Waals surface area contributed by atoms with Crippen LogP contribution in [-0.2, 0) is 19.5 Å². The Labute approximate surface area is 121 Å². The maximum Gasteiger partial charge on any atom is 0.0876 e. The summed E-state index contributed by atoms with van der Waals surface area (Å²) in [7, 11) is 0. The highest BCUT2D eigenvalue weighted by Crippen LogP contribution is 2.26. The molecule has 19 heavy (non-hydrogen) atoms. The van der Waals surface area contributed by atoms with Gasteiger partial charge in [-0.15, -0.1) is 0 Å². The van der Waals surface area contributed by atoms with Gasteiger partial charge in [-0.25, -0.2) is 0 Å². The third-order valence-corrected chi connectivity index (χ3v) is 4.23. The average molecular weight is 327 g/mol. The summed E-state index contributed by atoms with van der Waals surface area (Å²) < 4.78 is 4.72. The number of hydrogen-bond acceptors (Lipinski definition) is 3. The van der Waals surface area contributed by atoms with E-state index in [0.29, 0.717) is 6.42 Å². The van der Waals surface area contributed by atoms with E-state index in [1.54, 1.807) is 6.20 Å². The largest absolute Gasteiger partial charge is 0.388 e. The zero-order valence-electron chi connectivity index (χ0n) is 11.5. The lowest BCUT2D eigenvalue weighted by molar-refractivity contribution is 0.175. The average Bonchev–Trinajstić information content (AvgIpc) is 2.98. The maximum atomic E-state index is 10.3. The minimum absolute atomic E-state index is 0.532. The zero-order chi connectivity index (χ0) is 14.0. The Hall–Kier alpha value is -1.14. The van der Waals surface area contributed by atoms with Crippen molar-refractivity contribution in [1.29, 1.82) is 0 Å². The van der Waals surface area contributed by atoms with Crippen molar-refractivity contribution in [2.24, 2.45) is 0 Å². The van der Waals surface area contributed by atoms with Crippen molar-refractivity contribution in [2.45, 2.75) is 46.4 Å². The Morgan fingerprint density at radius 3 is 2.68 bits per heavy atom. The normalized spacial score (nSPS) is 12.9. The molecule has 0 aliphatic rings. The molecule has 5 nitrogen and oxygen atoms in total. The first-order valence-electron chi connectivity index (χ1n) is 6.49. The lowest BCUT2D eigenvalue weighted by Gasteiger charge is -2.10. The summed E-state index contributed by atoms with van der Waals surface area (Å²) in [5, 5.41) is 18.9. The SMILES string of the molecule is CCn1cc(C(O)Cc2c(Br)c(C)nn2CC)cn1. The summed E-state index contributed by atoms with van der Waals surface area (Å²) in [6.45, 7) is 7.63. The molecule has 0 aliphatic heterocycles. The molecule has 0 amide bonds. The fourth-order valence-corrected chi connectivity index (χ4v) is 2.54. The van der Waals surface area contributed by atoms with Crippen molar-refractivity contribution in [3.63, 3.8) is 0 Å². The summed E-state index contributed by atoms with van der Waals surface area (Å²) in [5.74, 6) is 0. The first-order chi connectivity index (χ1) is 9.06. The molecule has 0 radical (unpaired) electrons. The van der Waals surface area contributed by atoms with Gasteiger partial charge in [-0.05, 0) is 36.7 Å². The van der Waals surface area contributed by atoms with Gasteiger partial charge in [0.05, 0.1) is 28.2 Å². The minimum atomic E-state index is -0.557. The molecule has 2 rings (SSSR count). The molecule has 0 saturated carbocycles. The monoisotopic (exact) mass is 326 g/mol. The number of aromatic nitrogens is 4. The van der Waals surface area contributed by atoms with E-state index >= 15 is 0 Å². The van der Waals surface area contributed by atoms with Crippen molar-refractivity contribution in [1.82, 2.24) is 19.6 Å². The second-order valence-electron chi connectivity index (χ2n) is 4.51. The van der Waals surface area contributed by atoms with E-state index in [9.17, 15) is 5.11 Å². The van der Waals surface area contributed by atoms with Gasteiger partial charge in [0, 0.05) is 31.3 Å². The molecular weight excluding hydrogens is 308 g/mol. The highest BCUT2D eigenvalue weighted by Gasteiger charge is 2.18. The van der Waals surface area contributed by atoms with Crippen LogP contribution in [0.2, 0.25) is 0 Å². The van der Waals surface area contributed by atoms with Crippen molar-refractivity contribution in [3.05, 3.63) is 33.8 Å². The number of halogens is 1. The van der Waals surface area contributed by atoms with E-state index in [1.165, 1.54) is 0 Å². The molecule has 1 atom stereocenters. The van der Waals surface area contributed by atoms with Crippen molar-refractivity contribution in [2.75, 3.05) is 0 Å². The van der Waals surface area contributed by atoms with E-state index < -0.39 is 6.10 Å². The molecule has 6 heteroatoms. The van der Waals surface area contributed by atoms with Gasteiger partial charge in [0.25, 0.3) is 0 Å². The number of aliphatic hydroxyl groups excluding tert-OH is 1. The van der Waals surface area contributed by atoms with Crippen LogP contribution >= 0.6 is 15.9 Å². The van der Waals surface area contributed by atoms with Gasteiger partial charge in [0.15, 0.2) is 0 Å². The Balaban J connectivity index is 2.20. The summed E-state index contributed by atoms with van der Waals surface area (Å²) in [4.78, 5) is 0. The van der Waals surface area contributed by atoms with Crippen LogP contribution in [-0.4, -0.2) is 24.7 Å². The summed E-state index contributed by atoms with van der Waals surface area (Å²) in [6, 6.07) is 0. The predicted octanol–water partition coefficient (Wildman–Crippen LogP) is 2.47. The van der Waals surface area contributed by atoms with Crippen molar-refractivity contribution >= 4 is 15.9 Å². The number of nitrogens with zero attached hydrogens (tertiary/aromatic N) is 4. The molecule has 1 unspecified atom stereocenters. The number of hydrogen-bond donors (Lipinski definition) is 1. The van der Waals surface area contributed by atoms with Crippen LogP contribution in [0, 0.1) is 6.92 Å². The van der Waals surface area contributed by atoms with Gasteiger partial charge >= 0.3 is 0 Å². The summed E-state index contributed by atoms with van der Waals surface area (Å²) in [6.07, 6.45) is 3.59. The third kappa shape index (κ3) is 2.90. The Morgan fingerprint density at radius 1 is 1.37 bits per heavy atom. The van der Waals surface area contributed by atoms with E-state index in [2.05, 4.69) is 26.1 Å². The molecule has 2 heterocycles. The van der Waals surface area contributed by atoms with E-state index in [0.717, 1.165) is 34.5 Å². The minimum Gasteiger partial charge on any atom is -0.388 e. The first-order valence-corrected chi connectivity index (χ1v) is 7.28. The smallest absolute Gasteiger partial charge is 0.0876 e. The molecule has 0 aliphatic carbocycles. The predicted molar refractivity (Wildman–Crippen MR) is 76.9 cm³/mol. The number of rotatable bonds is 5. The quantitative estimate of drug-likeness (QED) is 0.918. The molecule has 0 spiro atoms. The van der Waals surface area contributed by atoms with Crippen LogP contribution in [0.4, 0.5) is 0 Å². The summed E-state index contributed by atoms with van der Waals surface area (Å²) >= 11 is 3.55. The molecule has 2 aromatic rings. The van der Waals surface area contributed by atoms with E-state index in [-0.39, 0.29) is 0 Å². The van der Waals surface area contributed by atoms with E-state index in [1.807, 2.05) is 36.3 Å². The third-order valence-electron chi connectivity index (χ3n) is 3.20. The van der Waals surface area contributed by atoms with Gasteiger partial charge in [-0.3, -0.25) is 9.36 Å². The van der Waals surface area contributed by atoms with Gasteiger partial charge in [-0.2, -0.15) is 10.2 Å². The highest BCUT2D eigenvalue weighted by molar-refractivity contribution is 9.10. The molecule has 0 saturated heterocycles. The van der Waals surface area contributed by atoms with Crippen LogP contribution in [0.25, 0.3) is 0 Å². The molecule has 0 aromatic carbocycles. The maximum absolute atomic E-state index is 10.3. The Bertz CT molecular complexity index is 561. The number of aliphatic hydroxyl groups is 1. The molecular formula is C13H19BrN4O.